The highest BCUT2D eigenvalue weighted by Crippen LogP contribution is 2.24. The lowest BCUT2D eigenvalue weighted by Crippen LogP contribution is -2.31. The van der Waals surface area contributed by atoms with Crippen LogP contribution in [0.5, 0.6) is 0 Å². The molecule has 1 fully saturated rings. The van der Waals surface area contributed by atoms with E-state index in [0.29, 0.717) is 12.1 Å². The Morgan fingerprint density at radius 3 is 3.11 bits per heavy atom. The maximum absolute atomic E-state index is 5.64. The molecule has 3 heteroatoms. The first-order valence-corrected chi connectivity index (χ1v) is 6.94. The molecule has 2 unspecified atom stereocenters. The molecule has 1 aromatic rings. The zero-order chi connectivity index (χ0) is 12.2. The number of ether oxygens (including phenoxy) is 2. The summed E-state index contributed by atoms with van der Waals surface area (Å²) < 4.78 is 11.3. The molecule has 2 heterocycles. The minimum atomic E-state index is 0.344. The van der Waals surface area contributed by atoms with Crippen LogP contribution < -0.4 is 5.32 Å². The van der Waals surface area contributed by atoms with Crippen LogP contribution in [0.2, 0.25) is 0 Å². The van der Waals surface area contributed by atoms with Gasteiger partial charge in [0.1, 0.15) is 0 Å². The van der Waals surface area contributed by atoms with Gasteiger partial charge in [0.25, 0.3) is 0 Å². The van der Waals surface area contributed by atoms with Crippen molar-refractivity contribution in [3.63, 3.8) is 0 Å². The minimum Gasteiger partial charge on any atom is -0.378 e. The molecule has 2 atom stereocenters. The quantitative estimate of drug-likeness (QED) is 0.886. The second kappa shape index (κ2) is 5.83. The van der Waals surface area contributed by atoms with Gasteiger partial charge in [-0.1, -0.05) is 24.3 Å². The SMILES string of the molecule is c1ccc2c(c1)COCC2NCCC1CCCO1. The van der Waals surface area contributed by atoms with Crippen molar-refractivity contribution in [2.75, 3.05) is 19.8 Å². The van der Waals surface area contributed by atoms with E-state index in [9.17, 15) is 0 Å². The van der Waals surface area contributed by atoms with E-state index in [-0.39, 0.29) is 0 Å². The third-order valence-electron chi connectivity index (χ3n) is 3.85. The van der Waals surface area contributed by atoms with Crippen molar-refractivity contribution in [3.8, 4) is 0 Å². The molecule has 2 aliphatic rings. The zero-order valence-electron chi connectivity index (χ0n) is 10.7. The molecule has 0 aliphatic carbocycles. The van der Waals surface area contributed by atoms with Gasteiger partial charge in [0, 0.05) is 6.61 Å². The molecule has 2 aliphatic heterocycles. The third-order valence-corrected chi connectivity index (χ3v) is 3.85. The summed E-state index contributed by atoms with van der Waals surface area (Å²) in [5, 5.41) is 3.60. The molecule has 0 aromatic heterocycles. The molecule has 0 radical (unpaired) electrons. The summed E-state index contributed by atoms with van der Waals surface area (Å²) in [5.74, 6) is 0. The van der Waals surface area contributed by atoms with Gasteiger partial charge in [-0.15, -0.1) is 0 Å². The van der Waals surface area contributed by atoms with Gasteiger partial charge in [0.05, 0.1) is 25.4 Å². The number of hydrogen-bond acceptors (Lipinski definition) is 3. The number of hydrogen-bond donors (Lipinski definition) is 1. The van der Waals surface area contributed by atoms with Gasteiger partial charge in [-0.25, -0.2) is 0 Å². The average Bonchev–Trinajstić information content (AvgIpc) is 2.92. The van der Waals surface area contributed by atoms with Crippen molar-refractivity contribution in [1.82, 2.24) is 5.32 Å². The van der Waals surface area contributed by atoms with Crippen molar-refractivity contribution in [1.29, 1.82) is 0 Å². The molecule has 0 bridgehead atoms. The molecular weight excluding hydrogens is 226 g/mol. The van der Waals surface area contributed by atoms with E-state index in [2.05, 4.69) is 29.6 Å². The maximum Gasteiger partial charge on any atom is 0.0721 e. The van der Waals surface area contributed by atoms with Crippen LogP contribution in [0.1, 0.15) is 36.4 Å². The highest BCUT2D eigenvalue weighted by molar-refractivity contribution is 5.30. The monoisotopic (exact) mass is 247 g/mol. The highest BCUT2D eigenvalue weighted by Gasteiger charge is 2.20. The summed E-state index contributed by atoms with van der Waals surface area (Å²) in [7, 11) is 0. The second-order valence-corrected chi connectivity index (χ2v) is 5.14. The largest absolute Gasteiger partial charge is 0.378 e. The summed E-state index contributed by atoms with van der Waals surface area (Å²) >= 11 is 0. The summed E-state index contributed by atoms with van der Waals surface area (Å²) in [6, 6.07) is 8.90. The van der Waals surface area contributed by atoms with Crippen LogP contribution in [-0.4, -0.2) is 25.9 Å². The Bertz CT molecular complexity index is 388. The standard InChI is InChI=1S/C15H21NO2/c1-2-6-14-12(4-1)10-17-11-15(14)16-8-7-13-5-3-9-18-13/h1-2,4,6,13,15-16H,3,5,7-11H2. The fourth-order valence-corrected chi connectivity index (χ4v) is 2.84. The van der Waals surface area contributed by atoms with Crippen molar-refractivity contribution >= 4 is 0 Å². The highest BCUT2D eigenvalue weighted by atomic mass is 16.5. The van der Waals surface area contributed by atoms with Crippen molar-refractivity contribution in [2.45, 2.75) is 38.0 Å². The number of nitrogens with one attached hydrogen (secondary N) is 1. The summed E-state index contributed by atoms with van der Waals surface area (Å²) in [5.41, 5.74) is 2.72. The molecule has 0 amide bonds. The number of fused-ring (bicyclic) bond motifs is 1. The predicted octanol–water partition coefficient (Wildman–Crippen LogP) is 2.42. The smallest absolute Gasteiger partial charge is 0.0721 e. The van der Waals surface area contributed by atoms with Crippen LogP contribution in [0.4, 0.5) is 0 Å². The van der Waals surface area contributed by atoms with Crippen LogP contribution >= 0.6 is 0 Å². The van der Waals surface area contributed by atoms with Crippen LogP contribution in [0.25, 0.3) is 0 Å². The van der Waals surface area contributed by atoms with E-state index in [1.165, 1.54) is 24.0 Å². The average molecular weight is 247 g/mol. The fraction of sp³-hybridized carbons (Fsp3) is 0.600. The van der Waals surface area contributed by atoms with Crippen LogP contribution in [0.3, 0.4) is 0 Å². The van der Waals surface area contributed by atoms with Crippen LogP contribution in [0, 0.1) is 0 Å². The van der Waals surface area contributed by atoms with E-state index in [1.54, 1.807) is 0 Å². The number of rotatable bonds is 4. The lowest BCUT2D eigenvalue weighted by Gasteiger charge is -2.27. The Labute approximate surface area is 108 Å². The van der Waals surface area contributed by atoms with E-state index in [0.717, 1.165) is 32.8 Å². The Balaban J connectivity index is 1.54. The zero-order valence-corrected chi connectivity index (χ0v) is 10.7. The molecule has 1 saturated heterocycles. The first-order valence-electron chi connectivity index (χ1n) is 6.94. The molecule has 1 N–H and O–H groups in total. The summed E-state index contributed by atoms with van der Waals surface area (Å²) in [6.45, 7) is 3.48. The molecule has 1 aromatic carbocycles. The Kier molecular flexibility index (Phi) is 3.93. The lowest BCUT2D eigenvalue weighted by molar-refractivity contribution is 0.0764. The van der Waals surface area contributed by atoms with Gasteiger partial charge in [-0.3, -0.25) is 0 Å². The first kappa shape index (κ1) is 12.2. The normalized spacial score (nSPS) is 27.1. The third kappa shape index (κ3) is 2.74. The first-order chi connectivity index (χ1) is 8.93. The van der Waals surface area contributed by atoms with Gasteiger partial charge in [-0.2, -0.15) is 0 Å². The van der Waals surface area contributed by atoms with Gasteiger partial charge < -0.3 is 14.8 Å². The summed E-state index contributed by atoms with van der Waals surface area (Å²) in [4.78, 5) is 0. The fourth-order valence-electron chi connectivity index (χ4n) is 2.84. The Hall–Kier alpha value is -0.900. The molecule has 3 nitrogen and oxygen atoms in total. The predicted molar refractivity (Wildman–Crippen MR) is 70.4 cm³/mol. The molecule has 0 saturated carbocycles. The maximum atomic E-state index is 5.64. The van der Waals surface area contributed by atoms with Crippen molar-refractivity contribution < 1.29 is 9.47 Å². The number of benzene rings is 1. The van der Waals surface area contributed by atoms with E-state index in [1.807, 2.05) is 0 Å². The van der Waals surface area contributed by atoms with Crippen LogP contribution in [0.15, 0.2) is 24.3 Å². The van der Waals surface area contributed by atoms with E-state index < -0.39 is 0 Å². The molecule has 98 valence electrons. The molecule has 3 rings (SSSR count). The molecule has 0 spiro atoms. The van der Waals surface area contributed by atoms with Crippen molar-refractivity contribution in [3.05, 3.63) is 35.4 Å². The van der Waals surface area contributed by atoms with Gasteiger partial charge in [0.15, 0.2) is 0 Å². The Morgan fingerprint density at radius 1 is 1.28 bits per heavy atom. The summed E-state index contributed by atoms with van der Waals surface area (Å²) in [6.07, 6.45) is 4.02. The lowest BCUT2D eigenvalue weighted by atomic mass is 9.99. The topological polar surface area (TPSA) is 30.5 Å². The molecule has 18 heavy (non-hydrogen) atoms. The van der Waals surface area contributed by atoms with E-state index >= 15 is 0 Å². The van der Waals surface area contributed by atoms with E-state index in [4.69, 9.17) is 9.47 Å². The second-order valence-electron chi connectivity index (χ2n) is 5.14. The minimum absolute atomic E-state index is 0.344. The van der Waals surface area contributed by atoms with Crippen molar-refractivity contribution in [2.24, 2.45) is 0 Å². The van der Waals surface area contributed by atoms with Gasteiger partial charge in [0.2, 0.25) is 0 Å². The van der Waals surface area contributed by atoms with Gasteiger partial charge in [-0.05, 0) is 36.9 Å². The Morgan fingerprint density at radius 2 is 2.22 bits per heavy atom. The van der Waals surface area contributed by atoms with Crippen LogP contribution in [-0.2, 0) is 16.1 Å². The molecular formula is C15H21NO2. The van der Waals surface area contributed by atoms with Gasteiger partial charge >= 0.3 is 0 Å².